The number of rotatable bonds is 2. The molecule has 6 rings (SSSR count). The highest BCUT2D eigenvalue weighted by molar-refractivity contribution is 6.62. The maximum atomic E-state index is 6.31. The minimum atomic E-state index is -0.445. The van der Waals surface area contributed by atoms with Crippen molar-refractivity contribution in [2.24, 2.45) is 0 Å². The molecule has 0 amide bonds. The van der Waals surface area contributed by atoms with Crippen LogP contribution in [0.5, 0.6) is 5.75 Å². The molecule has 3 heterocycles. The minimum Gasteiger partial charge on any atom is -0.489 e. The second kappa shape index (κ2) is 8.26. The van der Waals surface area contributed by atoms with Crippen molar-refractivity contribution in [3.05, 3.63) is 97.1 Å². The summed E-state index contributed by atoms with van der Waals surface area (Å²) in [6.45, 7) is 13.2. The van der Waals surface area contributed by atoms with Crippen molar-refractivity contribution in [3.63, 3.8) is 0 Å². The zero-order valence-corrected chi connectivity index (χ0v) is 21.2. The van der Waals surface area contributed by atoms with Crippen LogP contribution in [0.1, 0.15) is 33.3 Å². The number of allylic oxidation sites excluding steroid dienone is 4. The first-order valence-electron chi connectivity index (χ1n) is 12.4. The van der Waals surface area contributed by atoms with Crippen LogP contribution in [0.25, 0.3) is 33.1 Å². The van der Waals surface area contributed by atoms with Crippen LogP contribution in [0.15, 0.2) is 91.5 Å². The van der Waals surface area contributed by atoms with Gasteiger partial charge in [0.1, 0.15) is 12.4 Å². The van der Waals surface area contributed by atoms with E-state index in [1.807, 2.05) is 12.1 Å². The molecule has 1 fully saturated rings. The summed E-state index contributed by atoms with van der Waals surface area (Å²) in [7, 11) is -0.445. The summed E-state index contributed by atoms with van der Waals surface area (Å²) >= 11 is 0. The Morgan fingerprint density at radius 3 is 2.08 bits per heavy atom. The van der Waals surface area contributed by atoms with Gasteiger partial charge in [0.25, 0.3) is 0 Å². The number of hydrogen-bond acceptors (Lipinski definition) is 3. The topological polar surface area (TPSA) is 32.6 Å². The van der Waals surface area contributed by atoms with Crippen molar-refractivity contribution in [1.82, 2.24) is 4.57 Å². The van der Waals surface area contributed by atoms with Crippen molar-refractivity contribution in [2.45, 2.75) is 38.9 Å². The van der Waals surface area contributed by atoms with Gasteiger partial charge >= 0.3 is 7.12 Å². The van der Waals surface area contributed by atoms with E-state index in [0.717, 1.165) is 39.1 Å². The monoisotopic (exact) mass is 475 g/mol. The van der Waals surface area contributed by atoms with E-state index in [-0.39, 0.29) is 0 Å². The molecule has 0 spiro atoms. The van der Waals surface area contributed by atoms with Gasteiger partial charge in [-0.25, -0.2) is 0 Å². The van der Waals surface area contributed by atoms with Crippen molar-refractivity contribution >= 4 is 45.7 Å². The molecule has 2 aliphatic rings. The Labute approximate surface area is 212 Å². The van der Waals surface area contributed by atoms with Gasteiger partial charge in [0.2, 0.25) is 0 Å². The first-order chi connectivity index (χ1) is 17.2. The standard InChI is InChI=1S/C31H30BNO3/c1-21-19-23(33-27-14-8-6-12-24(27)25-13-7-9-15-28(25)33)11-10-18-34-29-17-16-22(20-26(21)29)32-35-30(2,3)31(4,5)36-32/h6-17,19-20H,1,18H2,2-5H3/b11-10-,23-19+. The Morgan fingerprint density at radius 1 is 0.833 bits per heavy atom. The third-order valence-corrected chi connectivity index (χ3v) is 7.66. The number of fused-ring (bicyclic) bond motifs is 4. The fourth-order valence-electron chi connectivity index (χ4n) is 5.00. The Hall–Kier alpha value is -3.54. The highest BCUT2D eigenvalue weighted by Crippen LogP contribution is 2.38. The highest BCUT2D eigenvalue weighted by atomic mass is 16.7. The van der Waals surface area contributed by atoms with Crippen molar-refractivity contribution in [2.75, 3.05) is 6.61 Å². The molecule has 1 saturated heterocycles. The number of para-hydroxylation sites is 2. The Bertz CT molecular complexity index is 1500. The van der Waals surface area contributed by atoms with Gasteiger partial charge in [-0.2, -0.15) is 0 Å². The molecule has 0 radical (unpaired) electrons. The number of hydrogen-bond donors (Lipinski definition) is 0. The molecular formula is C31H30BNO3. The average molecular weight is 475 g/mol. The molecule has 0 bridgehead atoms. The van der Waals surface area contributed by atoms with Crippen molar-refractivity contribution < 1.29 is 14.0 Å². The van der Waals surface area contributed by atoms with Crippen LogP contribution in [0, 0.1) is 0 Å². The van der Waals surface area contributed by atoms with Crippen LogP contribution in [-0.2, 0) is 9.31 Å². The van der Waals surface area contributed by atoms with E-state index >= 15 is 0 Å². The molecule has 2 aliphatic heterocycles. The van der Waals surface area contributed by atoms with E-state index in [4.69, 9.17) is 14.0 Å². The smallest absolute Gasteiger partial charge is 0.489 e. The fourth-order valence-corrected chi connectivity index (χ4v) is 5.00. The lowest BCUT2D eigenvalue weighted by atomic mass is 9.77. The number of nitrogens with zero attached hydrogens (tertiary/aromatic N) is 1. The molecule has 0 N–H and O–H groups in total. The first-order valence-corrected chi connectivity index (χ1v) is 12.4. The molecular weight excluding hydrogens is 445 g/mol. The van der Waals surface area contributed by atoms with Gasteiger partial charge in [0.05, 0.1) is 22.2 Å². The SMILES string of the molecule is C=C1/C=C(n2c3ccccc3c3ccccc32)\C=C/COc2ccc(B3OC(C)(C)C(C)(C)O3)cc21. The highest BCUT2D eigenvalue weighted by Gasteiger charge is 2.51. The van der Waals surface area contributed by atoms with E-state index in [1.165, 1.54) is 10.8 Å². The summed E-state index contributed by atoms with van der Waals surface area (Å²) < 4.78 is 21.1. The van der Waals surface area contributed by atoms with Crippen LogP contribution in [-0.4, -0.2) is 29.5 Å². The quantitative estimate of drug-likeness (QED) is 0.307. The lowest BCUT2D eigenvalue weighted by molar-refractivity contribution is 0.00578. The molecule has 1 aromatic heterocycles. The molecule has 180 valence electrons. The average Bonchev–Trinajstić information content (AvgIpc) is 3.32. The second-order valence-corrected chi connectivity index (χ2v) is 10.5. The van der Waals surface area contributed by atoms with E-state index in [1.54, 1.807) is 0 Å². The molecule has 3 aromatic carbocycles. The maximum Gasteiger partial charge on any atom is 0.494 e. The molecule has 4 nitrogen and oxygen atoms in total. The third kappa shape index (κ3) is 3.62. The molecule has 0 unspecified atom stereocenters. The van der Waals surface area contributed by atoms with Gasteiger partial charge in [0, 0.05) is 22.0 Å². The van der Waals surface area contributed by atoms with Crippen LogP contribution >= 0.6 is 0 Å². The summed E-state index contributed by atoms with van der Waals surface area (Å²) in [6.07, 6.45) is 6.31. The predicted octanol–water partition coefficient (Wildman–Crippen LogP) is 6.60. The molecule has 0 aliphatic carbocycles. The summed E-state index contributed by atoms with van der Waals surface area (Å²) in [5, 5.41) is 2.46. The van der Waals surface area contributed by atoms with E-state index in [9.17, 15) is 0 Å². The summed E-state index contributed by atoms with van der Waals surface area (Å²) in [5.74, 6) is 0.796. The summed E-state index contributed by atoms with van der Waals surface area (Å²) in [4.78, 5) is 0. The van der Waals surface area contributed by atoms with E-state index in [0.29, 0.717) is 6.61 Å². The lowest BCUT2D eigenvalue weighted by Gasteiger charge is -2.32. The Morgan fingerprint density at radius 2 is 1.44 bits per heavy atom. The summed E-state index contributed by atoms with van der Waals surface area (Å²) in [6, 6.07) is 23.1. The molecule has 0 atom stereocenters. The molecule has 36 heavy (non-hydrogen) atoms. The zero-order valence-electron chi connectivity index (χ0n) is 21.2. The number of benzene rings is 3. The van der Waals surface area contributed by atoms with Gasteiger partial charge in [-0.15, -0.1) is 0 Å². The van der Waals surface area contributed by atoms with Gasteiger partial charge in [-0.1, -0.05) is 55.1 Å². The molecule has 5 heteroatoms. The van der Waals surface area contributed by atoms with Gasteiger partial charge in [-0.05, 0) is 75.2 Å². The Balaban J connectivity index is 1.46. The second-order valence-electron chi connectivity index (χ2n) is 10.5. The van der Waals surface area contributed by atoms with Crippen molar-refractivity contribution in [1.29, 1.82) is 0 Å². The predicted molar refractivity (Wildman–Crippen MR) is 150 cm³/mol. The van der Waals surface area contributed by atoms with E-state index < -0.39 is 18.3 Å². The normalized spacial score (nSPS) is 21.3. The lowest BCUT2D eigenvalue weighted by Crippen LogP contribution is -2.41. The van der Waals surface area contributed by atoms with Gasteiger partial charge in [-0.3, -0.25) is 0 Å². The van der Waals surface area contributed by atoms with Crippen LogP contribution in [0.4, 0.5) is 0 Å². The van der Waals surface area contributed by atoms with Crippen LogP contribution in [0.2, 0.25) is 0 Å². The van der Waals surface area contributed by atoms with Crippen LogP contribution in [0.3, 0.4) is 0 Å². The molecule has 0 saturated carbocycles. The third-order valence-electron chi connectivity index (χ3n) is 7.66. The minimum absolute atomic E-state index is 0.402. The fraction of sp³-hybridized carbons (Fsp3) is 0.226. The first kappa shape index (κ1) is 22.9. The van der Waals surface area contributed by atoms with Gasteiger partial charge < -0.3 is 18.6 Å². The molecule has 4 aromatic rings. The Kier molecular flexibility index (Phi) is 5.25. The van der Waals surface area contributed by atoms with Crippen molar-refractivity contribution in [3.8, 4) is 5.75 Å². The zero-order chi connectivity index (χ0) is 25.1. The van der Waals surface area contributed by atoms with Crippen LogP contribution < -0.4 is 10.2 Å². The summed E-state index contributed by atoms with van der Waals surface area (Å²) in [5.41, 5.74) is 5.31. The van der Waals surface area contributed by atoms with Gasteiger partial charge in [0.15, 0.2) is 0 Å². The maximum absolute atomic E-state index is 6.31. The number of ether oxygens (including phenoxy) is 1. The van der Waals surface area contributed by atoms with E-state index in [2.05, 4.69) is 112 Å². The largest absolute Gasteiger partial charge is 0.494 e. The number of aromatic nitrogens is 1.